The third-order valence-electron chi connectivity index (χ3n) is 3.25. The minimum atomic E-state index is -0.357. The molecule has 2 atom stereocenters. The highest BCUT2D eigenvalue weighted by Gasteiger charge is 2.32. The largest absolute Gasteiger partial charge is 0.461 e. The predicted octanol–water partition coefficient (Wildman–Crippen LogP) is 4.24. The number of ether oxygens (including phenoxy) is 1. The van der Waals surface area contributed by atoms with Crippen molar-refractivity contribution < 1.29 is 14.1 Å². The van der Waals surface area contributed by atoms with Crippen LogP contribution < -0.4 is 0 Å². The molecule has 2 unspecified atom stereocenters. The number of allylic oxidation sites excluding steroid dienone is 4. The molecule has 2 rings (SSSR count). The molecule has 1 aliphatic carbocycles. The van der Waals surface area contributed by atoms with Gasteiger partial charge in [0.25, 0.3) is 0 Å². The lowest BCUT2D eigenvalue weighted by Gasteiger charge is -2.21. The van der Waals surface area contributed by atoms with E-state index in [0.717, 1.165) is 5.56 Å². The first-order valence-electron chi connectivity index (χ1n) is 6.71. The molecule has 0 aliphatic heterocycles. The summed E-state index contributed by atoms with van der Waals surface area (Å²) in [6.07, 6.45) is 5.44. The molecule has 1 aliphatic rings. The van der Waals surface area contributed by atoms with Crippen molar-refractivity contribution in [3.63, 3.8) is 0 Å². The Labute approximate surface area is 133 Å². The number of carbonyl (C=O) groups excluding carboxylic acids is 1. The van der Waals surface area contributed by atoms with E-state index in [0.29, 0.717) is 16.5 Å². The molecule has 0 spiro atoms. The Morgan fingerprint density at radius 1 is 1.52 bits per heavy atom. The Bertz CT molecular complexity index is 590. The summed E-state index contributed by atoms with van der Waals surface area (Å²) in [4.78, 5) is 11.1. The molecular weight excluding hydrogens is 313 g/mol. The molecule has 1 aromatic rings. The molecule has 0 fully saturated rings. The topological polar surface area (TPSA) is 52.3 Å². The minimum absolute atomic E-state index is 0.107. The van der Waals surface area contributed by atoms with Crippen molar-refractivity contribution in [1.29, 1.82) is 0 Å². The minimum Gasteiger partial charge on any atom is -0.461 e. The van der Waals surface area contributed by atoms with Gasteiger partial charge >= 0.3 is 5.97 Å². The van der Waals surface area contributed by atoms with Gasteiger partial charge in [-0.25, -0.2) is 0 Å². The van der Waals surface area contributed by atoms with Crippen molar-refractivity contribution >= 4 is 29.2 Å². The Kier molecular flexibility index (Phi) is 5.12. The van der Waals surface area contributed by atoms with Crippen LogP contribution in [-0.2, 0) is 16.1 Å². The van der Waals surface area contributed by atoms with Crippen molar-refractivity contribution in [1.82, 2.24) is 5.16 Å². The number of esters is 1. The van der Waals surface area contributed by atoms with Crippen LogP contribution >= 0.6 is 23.2 Å². The van der Waals surface area contributed by atoms with Crippen molar-refractivity contribution in [2.45, 2.75) is 44.6 Å². The normalized spacial score (nSPS) is 21.5. The molecule has 1 heterocycles. The van der Waals surface area contributed by atoms with Gasteiger partial charge in [-0.1, -0.05) is 42.8 Å². The number of aromatic nitrogens is 1. The lowest BCUT2D eigenvalue weighted by Crippen LogP contribution is -2.16. The van der Waals surface area contributed by atoms with Gasteiger partial charge in [0.05, 0.1) is 16.9 Å². The van der Waals surface area contributed by atoms with Crippen LogP contribution in [0, 0.1) is 0 Å². The van der Waals surface area contributed by atoms with Gasteiger partial charge in [0.2, 0.25) is 0 Å². The Morgan fingerprint density at radius 2 is 2.24 bits per heavy atom. The van der Waals surface area contributed by atoms with E-state index in [-0.39, 0.29) is 29.8 Å². The smallest absolute Gasteiger partial charge is 0.302 e. The summed E-state index contributed by atoms with van der Waals surface area (Å²) in [5.41, 5.74) is 1.38. The van der Waals surface area contributed by atoms with Gasteiger partial charge in [-0.15, -0.1) is 11.6 Å². The fourth-order valence-electron chi connectivity index (χ4n) is 2.25. The zero-order valence-corrected chi connectivity index (χ0v) is 13.6. The van der Waals surface area contributed by atoms with Gasteiger partial charge in [-0.3, -0.25) is 4.79 Å². The highest BCUT2D eigenvalue weighted by atomic mass is 35.5. The zero-order valence-electron chi connectivity index (χ0n) is 12.1. The number of hydrogen-bond acceptors (Lipinski definition) is 4. The number of hydrogen-bond donors (Lipinski definition) is 0. The summed E-state index contributed by atoms with van der Waals surface area (Å²) >= 11 is 12.6. The van der Waals surface area contributed by atoms with Crippen molar-refractivity contribution in [2.24, 2.45) is 0 Å². The molecule has 0 N–H and O–H groups in total. The van der Waals surface area contributed by atoms with Crippen molar-refractivity contribution in [3.05, 3.63) is 40.3 Å². The number of carbonyl (C=O) groups is 1. The standard InChI is InChI=1S/C15H17Cl2NO3/c1-8(2)15-10(7-20-9(3)19)14(18-21-15)13-11(16)5-4-6-12(13)17/h4-6,8,11,13H,7H2,1-3H3. The molecule has 0 radical (unpaired) electrons. The molecule has 1 aromatic heterocycles. The average molecular weight is 330 g/mol. The molecule has 21 heavy (non-hydrogen) atoms. The molecule has 0 aromatic carbocycles. The lowest BCUT2D eigenvalue weighted by atomic mass is 9.92. The molecule has 0 saturated heterocycles. The molecule has 4 nitrogen and oxygen atoms in total. The Morgan fingerprint density at radius 3 is 2.81 bits per heavy atom. The van der Waals surface area contributed by atoms with E-state index in [1.807, 2.05) is 26.0 Å². The lowest BCUT2D eigenvalue weighted by molar-refractivity contribution is -0.142. The first-order chi connectivity index (χ1) is 9.91. The van der Waals surface area contributed by atoms with Gasteiger partial charge in [0.1, 0.15) is 18.1 Å². The average Bonchev–Trinajstić information content (AvgIpc) is 2.80. The summed E-state index contributed by atoms with van der Waals surface area (Å²) < 4.78 is 10.5. The third kappa shape index (κ3) is 3.50. The number of nitrogens with zero attached hydrogens (tertiary/aromatic N) is 1. The molecule has 0 amide bonds. The van der Waals surface area contributed by atoms with Crippen LogP contribution in [0.1, 0.15) is 49.6 Å². The first-order valence-corrected chi connectivity index (χ1v) is 7.53. The fourth-order valence-corrected chi connectivity index (χ4v) is 2.97. The van der Waals surface area contributed by atoms with Crippen molar-refractivity contribution in [2.75, 3.05) is 0 Å². The quantitative estimate of drug-likeness (QED) is 0.612. The predicted molar refractivity (Wildman–Crippen MR) is 81.5 cm³/mol. The number of halogens is 2. The van der Waals surface area contributed by atoms with Gasteiger partial charge < -0.3 is 9.26 Å². The van der Waals surface area contributed by atoms with Crippen LogP contribution in [0.2, 0.25) is 0 Å². The first kappa shape index (κ1) is 16.1. The molecule has 0 saturated carbocycles. The van der Waals surface area contributed by atoms with E-state index in [9.17, 15) is 4.79 Å². The Hall–Kier alpha value is -1.26. The van der Waals surface area contributed by atoms with E-state index in [2.05, 4.69) is 5.16 Å². The van der Waals surface area contributed by atoms with E-state index in [1.54, 1.807) is 6.08 Å². The summed E-state index contributed by atoms with van der Waals surface area (Å²) in [5.74, 6) is 0.159. The zero-order chi connectivity index (χ0) is 15.6. The van der Waals surface area contributed by atoms with Crippen LogP contribution in [0.5, 0.6) is 0 Å². The maximum Gasteiger partial charge on any atom is 0.302 e. The van der Waals surface area contributed by atoms with Gasteiger partial charge in [-0.2, -0.15) is 0 Å². The van der Waals surface area contributed by atoms with Crippen LogP contribution in [-0.4, -0.2) is 16.5 Å². The van der Waals surface area contributed by atoms with Crippen LogP contribution in [0.15, 0.2) is 27.8 Å². The maximum atomic E-state index is 11.1. The van der Waals surface area contributed by atoms with E-state index >= 15 is 0 Å². The highest BCUT2D eigenvalue weighted by molar-refractivity contribution is 6.32. The molecule has 0 bridgehead atoms. The SMILES string of the molecule is CC(=O)OCc1c(C2C(Cl)=CC=CC2Cl)noc1C(C)C. The van der Waals surface area contributed by atoms with Gasteiger partial charge in [0, 0.05) is 17.9 Å². The third-order valence-corrected chi connectivity index (χ3v) is 4.01. The summed E-state index contributed by atoms with van der Waals surface area (Å²) in [6, 6.07) is 0. The second-order valence-corrected chi connectivity index (χ2v) is 6.14. The summed E-state index contributed by atoms with van der Waals surface area (Å²) in [7, 11) is 0. The van der Waals surface area contributed by atoms with Crippen LogP contribution in [0.3, 0.4) is 0 Å². The number of rotatable bonds is 4. The fraction of sp³-hybridized carbons (Fsp3) is 0.467. The second kappa shape index (κ2) is 6.67. The number of alkyl halides is 1. The highest BCUT2D eigenvalue weighted by Crippen LogP contribution is 2.39. The second-order valence-electron chi connectivity index (χ2n) is 5.20. The van der Waals surface area contributed by atoms with Crippen LogP contribution in [0.4, 0.5) is 0 Å². The maximum absolute atomic E-state index is 11.1. The molecule has 114 valence electrons. The molecule has 6 heteroatoms. The van der Waals surface area contributed by atoms with Crippen molar-refractivity contribution in [3.8, 4) is 0 Å². The van der Waals surface area contributed by atoms with Crippen LogP contribution in [0.25, 0.3) is 0 Å². The summed E-state index contributed by atoms with van der Waals surface area (Å²) in [6.45, 7) is 5.44. The summed E-state index contributed by atoms with van der Waals surface area (Å²) in [5, 5.41) is 4.40. The van der Waals surface area contributed by atoms with Gasteiger partial charge in [-0.05, 0) is 6.08 Å². The molecular formula is C15H17Cl2NO3. The Balaban J connectivity index is 2.41. The monoisotopic (exact) mass is 329 g/mol. The van der Waals surface area contributed by atoms with E-state index < -0.39 is 0 Å². The van der Waals surface area contributed by atoms with Gasteiger partial charge in [0.15, 0.2) is 0 Å². The van der Waals surface area contributed by atoms with E-state index in [4.69, 9.17) is 32.5 Å². The van der Waals surface area contributed by atoms with E-state index in [1.165, 1.54) is 6.92 Å².